The minimum absolute atomic E-state index is 0.168. The molecule has 1 aliphatic heterocycles. The Bertz CT molecular complexity index is 304. The average Bonchev–Trinajstić information content (AvgIpc) is 2.78. The Morgan fingerprint density at radius 1 is 1.44 bits per heavy atom. The summed E-state index contributed by atoms with van der Waals surface area (Å²) >= 11 is 1.84. The molecule has 1 aliphatic rings. The molecular formula is C12H22N2O3S. The van der Waals surface area contributed by atoms with Crippen LogP contribution in [0.3, 0.4) is 0 Å². The first-order valence-corrected chi connectivity index (χ1v) is 7.38. The van der Waals surface area contributed by atoms with Gasteiger partial charge in [0.1, 0.15) is 6.54 Å². The van der Waals surface area contributed by atoms with Gasteiger partial charge in [-0.2, -0.15) is 11.8 Å². The zero-order valence-corrected chi connectivity index (χ0v) is 12.1. The maximum atomic E-state index is 12.3. The van der Waals surface area contributed by atoms with E-state index >= 15 is 0 Å². The van der Waals surface area contributed by atoms with Crippen LogP contribution in [0.25, 0.3) is 0 Å². The van der Waals surface area contributed by atoms with E-state index in [1.165, 1.54) is 4.90 Å². The van der Waals surface area contributed by atoms with Gasteiger partial charge in [0.05, 0.1) is 0 Å². The van der Waals surface area contributed by atoms with Crippen molar-refractivity contribution < 1.29 is 14.7 Å². The van der Waals surface area contributed by atoms with E-state index < -0.39 is 5.97 Å². The van der Waals surface area contributed by atoms with Crippen LogP contribution in [0.5, 0.6) is 0 Å². The van der Waals surface area contributed by atoms with E-state index in [0.717, 1.165) is 17.9 Å². The first-order chi connectivity index (χ1) is 8.41. The van der Waals surface area contributed by atoms with Crippen molar-refractivity contribution in [2.24, 2.45) is 5.92 Å². The van der Waals surface area contributed by atoms with Crippen LogP contribution in [0, 0.1) is 5.92 Å². The lowest BCUT2D eigenvalue weighted by atomic mass is 10.2. The molecule has 0 aromatic rings. The molecule has 1 saturated heterocycles. The summed E-state index contributed by atoms with van der Waals surface area (Å²) < 4.78 is 0. The molecule has 5 nitrogen and oxygen atoms in total. The highest BCUT2D eigenvalue weighted by Crippen LogP contribution is 2.22. The van der Waals surface area contributed by atoms with Crippen LogP contribution in [0.4, 0.5) is 4.79 Å². The fraction of sp³-hybridized carbons (Fsp3) is 0.833. The molecule has 1 atom stereocenters. The maximum Gasteiger partial charge on any atom is 0.323 e. The van der Waals surface area contributed by atoms with Crippen molar-refractivity contribution in [1.82, 2.24) is 9.80 Å². The molecule has 6 heteroatoms. The fourth-order valence-corrected chi connectivity index (χ4v) is 3.29. The molecule has 0 spiro atoms. The first-order valence-electron chi connectivity index (χ1n) is 6.23. The van der Waals surface area contributed by atoms with Crippen LogP contribution in [-0.2, 0) is 4.79 Å². The summed E-state index contributed by atoms with van der Waals surface area (Å²) in [6.45, 7) is 4.22. The van der Waals surface area contributed by atoms with Crippen LogP contribution in [-0.4, -0.2) is 64.6 Å². The van der Waals surface area contributed by atoms with Gasteiger partial charge >= 0.3 is 12.0 Å². The molecule has 0 bridgehead atoms. The molecule has 0 radical (unpaired) electrons. The molecule has 104 valence electrons. The molecule has 0 aliphatic carbocycles. The third-order valence-electron chi connectivity index (χ3n) is 2.94. The molecule has 1 unspecified atom stereocenters. The van der Waals surface area contributed by atoms with Gasteiger partial charge in [0.15, 0.2) is 0 Å². The number of thioether (sulfide) groups is 1. The number of aliphatic carboxylic acids is 1. The molecule has 1 N–H and O–H groups in total. The van der Waals surface area contributed by atoms with Gasteiger partial charge < -0.3 is 14.9 Å². The summed E-state index contributed by atoms with van der Waals surface area (Å²) in [7, 11) is 1.77. The van der Waals surface area contributed by atoms with Crippen molar-refractivity contribution in [3.63, 3.8) is 0 Å². The minimum atomic E-state index is -0.960. The largest absolute Gasteiger partial charge is 0.480 e. The van der Waals surface area contributed by atoms with E-state index in [2.05, 4.69) is 0 Å². The Morgan fingerprint density at radius 2 is 2.11 bits per heavy atom. The number of carbonyl (C=O) groups excluding carboxylic acids is 1. The molecule has 0 aromatic carbocycles. The molecule has 1 heterocycles. The normalized spacial score (nSPS) is 19.0. The second kappa shape index (κ2) is 6.87. The number of hydrogen-bond donors (Lipinski definition) is 1. The number of carboxylic acid groups (broad SMARTS) is 1. The standard InChI is InChI=1S/C12H22N2O3S/c1-9(2)6-14(7-11(15)16)12(17)13(3)10-4-5-18-8-10/h9-10H,4-8H2,1-3H3,(H,15,16). The lowest BCUT2D eigenvalue weighted by Gasteiger charge is -2.31. The van der Waals surface area contributed by atoms with E-state index in [0.29, 0.717) is 6.54 Å². The van der Waals surface area contributed by atoms with E-state index in [-0.39, 0.29) is 24.5 Å². The Hall–Kier alpha value is -0.910. The number of carbonyl (C=O) groups is 2. The number of carboxylic acids is 1. The summed E-state index contributed by atoms with van der Waals surface area (Å²) in [5.41, 5.74) is 0. The van der Waals surface area contributed by atoms with Crippen molar-refractivity contribution in [2.45, 2.75) is 26.3 Å². The molecule has 1 fully saturated rings. The average molecular weight is 274 g/mol. The number of nitrogens with zero attached hydrogens (tertiary/aromatic N) is 2. The topological polar surface area (TPSA) is 60.9 Å². The lowest BCUT2D eigenvalue weighted by Crippen LogP contribution is -2.48. The van der Waals surface area contributed by atoms with Gasteiger partial charge in [0.2, 0.25) is 0 Å². The predicted octanol–water partition coefficient (Wildman–Crippen LogP) is 1.59. The Morgan fingerprint density at radius 3 is 2.56 bits per heavy atom. The quantitative estimate of drug-likeness (QED) is 0.827. The Kier molecular flexibility index (Phi) is 5.78. The first kappa shape index (κ1) is 15.1. The number of hydrogen-bond acceptors (Lipinski definition) is 3. The van der Waals surface area contributed by atoms with Crippen LogP contribution in [0.15, 0.2) is 0 Å². The van der Waals surface area contributed by atoms with Crippen molar-refractivity contribution in [2.75, 3.05) is 31.6 Å². The van der Waals surface area contributed by atoms with Crippen LogP contribution >= 0.6 is 11.8 Å². The Balaban J connectivity index is 2.64. The second-order valence-electron chi connectivity index (χ2n) is 5.08. The minimum Gasteiger partial charge on any atom is -0.480 e. The summed E-state index contributed by atoms with van der Waals surface area (Å²) in [6.07, 6.45) is 0.996. The molecule has 0 aromatic heterocycles. The summed E-state index contributed by atoms with van der Waals surface area (Å²) in [4.78, 5) is 26.2. The number of urea groups is 1. The van der Waals surface area contributed by atoms with Crippen molar-refractivity contribution in [1.29, 1.82) is 0 Å². The van der Waals surface area contributed by atoms with Crippen LogP contribution in [0.2, 0.25) is 0 Å². The van der Waals surface area contributed by atoms with Gasteiger partial charge in [-0.05, 0) is 18.1 Å². The van der Waals surface area contributed by atoms with Crippen molar-refractivity contribution in [3.05, 3.63) is 0 Å². The molecule has 18 heavy (non-hydrogen) atoms. The molecule has 2 amide bonds. The molecule has 0 saturated carbocycles. The van der Waals surface area contributed by atoms with E-state index in [1.807, 2.05) is 25.6 Å². The van der Waals surface area contributed by atoms with Gasteiger partial charge in [-0.15, -0.1) is 0 Å². The monoisotopic (exact) mass is 274 g/mol. The third-order valence-corrected chi connectivity index (χ3v) is 4.08. The molecule has 1 rings (SSSR count). The van der Waals surface area contributed by atoms with Gasteiger partial charge in [-0.25, -0.2) is 4.79 Å². The summed E-state index contributed by atoms with van der Waals surface area (Å²) in [5, 5.41) is 8.88. The SMILES string of the molecule is CC(C)CN(CC(=O)O)C(=O)N(C)C1CCSC1. The van der Waals surface area contributed by atoms with Gasteiger partial charge in [-0.3, -0.25) is 4.79 Å². The fourth-order valence-electron chi connectivity index (χ4n) is 2.02. The second-order valence-corrected chi connectivity index (χ2v) is 6.23. The summed E-state index contributed by atoms with van der Waals surface area (Å²) in [5.74, 6) is 1.33. The number of amides is 2. The van der Waals surface area contributed by atoms with Crippen molar-refractivity contribution >= 4 is 23.8 Å². The zero-order valence-electron chi connectivity index (χ0n) is 11.3. The Labute approximate surface area is 113 Å². The van der Waals surface area contributed by atoms with Crippen LogP contribution < -0.4 is 0 Å². The van der Waals surface area contributed by atoms with E-state index in [4.69, 9.17) is 5.11 Å². The van der Waals surface area contributed by atoms with E-state index in [9.17, 15) is 9.59 Å². The lowest BCUT2D eigenvalue weighted by molar-refractivity contribution is -0.137. The third kappa shape index (κ3) is 4.40. The van der Waals surface area contributed by atoms with Gasteiger partial charge in [0.25, 0.3) is 0 Å². The maximum absolute atomic E-state index is 12.3. The van der Waals surface area contributed by atoms with Crippen molar-refractivity contribution in [3.8, 4) is 0 Å². The van der Waals surface area contributed by atoms with Gasteiger partial charge in [0, 0.05) is 25.4 Å². The highest BCUT2D eigenvalue weighted by Gasteiger charge is 2.28. The number of rotatable bonds is 5. The predicted molar refractivity (Wildman–Crippen MR) is 72.9 cm³/mol. The van der Waals surface area contributed by atoms with E-state index in [1.54, 1.807) is 11.9 Å². The smallest absolute Gasteiger partial charge is 0.323 e. The zero-order chi connectivity index (χ0) is 13.7. The highest BCUT2D eigenvalue weighted by atomic mass is 32.2. The molecular weight excluding hydrogens is 252 g/mol. The van der Waals surface area contributed by atoms with Crippen LogP contribution in [0.1, 0.15) is 20.3 Å². The van der Waals surface area contributed by atoms with Gasteiger partial charge in [-0.1, -0.05) is 13.8 Å². The highest BCUT2D eigenvalue weighted by molar-refractivity contribution is 7.99. The summed E-state index contributed by atoms with van der Waals surface area (Å²) in [6, 6.07) is 0.0737.